The average Bonchev–Trinajstić information content (AvgIpc) is 3.26. The molecule has 4 rings (SSSR count). The number of rotatable bonds is 4. The van der Waals surface area contributed by atoms with E-state index < -0.39 is 17.8 Å². The van der Waals surface area contributed by atoms with Crippen LogP contribution in [0.4, 0.5) is 0 Å². The lowest BCUT2D eigenvalue weighted by Gasteiger charge is -2.37. The van der Waals surface area contributed by atoms with Crippen molar-refractivity contribution >= 4 is 35.1 Å². The molecule has 3 aliphatic rings. The number of carbonyl (C=O) groups is 2. The van der Waals surface area contributed by atoms with E-state index in [1.165, 1.54) is 0 Å². The minimum Gasteiger partial charge on any atom is -0.481 e. The van der Waals surface area contributed by atoms with E-state index in [4.69, 9.17) is 27.9 Å². The quantitative estimate of drug-likeness (QED) is 0.822. The molecule has 4 atom stereocenters. The summed E-state index contributed by atoms with van der Waals surface area (Å²) in [5.74, 6) is -2.26. The van der Waals surface area contributed by atoms with Gasteiger partial charge in [-0.1, -0.05) is 29.3 Å². The third-order valence-electron chi connectivity index (χ3n) is 5.97. The fourth-order valence-electron chi connectivity index (χ4n) is 4.55. The zero-order valence-corrected chi connectivity index (χ0v) is 16.3. The zero-order chi connectivity index (χ0) is 19.1. The first kappa shape index (κ1) is 19.0. The lowest BCUT2D eigenvalue weighted by molar-refractivity contribution is -0.151. The molecule has 27 heavy (non-hydrogen) atoms. The molecule has 1 aromatic carbocycles. The van der Waals surface area contributed by atoms with Gasteiger partial charge in [0.2, 0.25) is 5.91 Å². The van der Waals surface area contributed by atoms with Crippen LogP contribution in [0.3, 0.4) is 0 Å². The average molecular weight is 413 g/mol. The minimum atomic E-state index is -0.924. The number of ether oxygens (including phenoxy) is 1. The molecular weight excluding hydrogens is 391 g/mol. The smallest absolute Gasteiger partial charge is 0.310 e. The predicted octanol–water partition coefficient (Wildman–Crippen LogP) is 2.52. The molecule has 3 saturated heterocycles. The Bertz CT molecular complexity index is 731. The molecule has 6 nitrogen and oxygen atoms in total. The minimum absolute atomic E-state index is 0.0787. The van der Waals surface area contributed by atoms with Crippen LogP contribution in [0, 0.1) is 11.8 Å². The van der Waals surface area contributed by atoms with Crippen LogP contribution in [0.1, 0.15) is 18.4 Å². The zero-order valence-electron chi connectivity index (χ0n) is 14.8. The summed E-state index contributed by atoms with van der Waals surface area (Å²) in [5, 5.41) is 10.8. The molecule has 0 aliphatic carbocycles. The molecule has 146 valence electrons. The predicted molar refractivity (Wildman–Crippen MR) is 101 cm³/mol. The topological polar surface area (TPSA) is 70.1 Å². The molecule has 8 heteroatoms. The maximum atomic E-state index is 13.0. The van der Waals surface area contributed by atoms with Gasteiger partial charge in [0.1, 0.15) is 0 Å². The highest BCUT2D eigenvalue weighted by molar-refractivity contribution is 6.35. The van der Waals surface area contributed by atoms with E-state index in [-0.39, 0.29) is 18.1 Å². The summed E-state index contributed by atoms with van der Waals surface area (Å²) >= 11 is 12.5. The van der Waals surface area contributed by atoms with E-state index in [0.717, 1.165) is 18.4 Å². The molecule has 0 spiro atoms. The van der Waals surface area contributed by atoms with Crippen molar-refractivity contribution < 1.29 is 19.4 Å². The molecule has 3 fully saturated rings. The number of aliphatic carboxylic acids is 1. The summed E-state index contributed by atoms with van der Waals surface area (Å²) in [6.07, 6.45) is 0.946. The van der Waals surface area contributed by atoms with Crippen molar-refractivity contribution in [3.8, 4) is 0 Å². The van der Waals surface area contributed by atoms with E-state index >= 15 is 0 Å². The summed E-state index contributed by atoms with van der Waals surface area (Å²) in [7, 11) is 0. The Hall–Kier alpha value is -1.34. The van der Waals surface area contributed by atoms with Crippen molar-refractivity contribution in [2.24, 2.45) is 11.8 Å². The number of piperazine rings is 1. The van der Waals surface area contributed by atoms with Crippen LogP contribution in [-0.4, -0.2) is 65.2 Å². The molecule has 0 radical (unpaired) electrons. The molecule has 0 saturated carbocycles. The SMILES string of the molecule is O=C(O)[C@@H]1[C@H](C(=O)N2CCN(Cc3c(Cl)cccc3Cl)CC2)[C@H]2CC[C@@H]1O2. The first-order valence-corrected chi connectivity index (χ1v) is 10.0. The summed E-state index contributed by atoms with van der Waals surface area (Å²) in [4.78, 5) is 28.6. The van der Waals surface area contributed by atoms with E-state index in [1.807, 2.05) is 18.2 Å². The molecule has 0 aromatic heterocycles. The highest BCUT2D eigenvalue weighted by Gasteiger charge is 2.56. The number of fused-ring (bicyclic) bond motifs is 2. The van der Waals surface area contributed by atoms with Gasteiger partial charge in [-0.05, 0) is 25.0 Å². The maximum absolute atomic E-state index is 13.0. The van der Waals surface area contributed by atoms with E-state index in [1.54, 1.807) is 4.90 Å². The van der Waals surface area contributed by atoms with Crippen molar-refractivity contribution in [3.63, 3.8) is 0 Å². The van der Waals surface area contributed by atoms with Crippen LogP contribution in [0.25, 0.3) is 0 Å². The highest BCUT2D eigenvalue weighted by Crippen LogP contribution is 2.44. The van der Waals surface area contributed by atoms with Gasteiger partial charge in [-0.15, -0.1) is 0 Å². The number of carboxylic acid groups (broad SMARTS) is 1. The van der Waals surface area contributed by atoms with Gasteiger partial charge in [0.05, 0.1) is 24.0 Å². The molecule has 3 aliphatic heterocycles. The van der Waals surface area contributed by atoms with Crippen molar-refractivity contribution in [1.29, 1.82) is 0 Å². The fourth-order valence-corrected chi connectivity index (χ4v) is 5.07. The van der Waals surface area contributed by atoms with Crippen molar-refractivity contribution in [2.45, 2.75) is 31.6 Å². The van der Waals surface area contributed by atoms with Crippen LogP contribution in [0.2, 0.25) is 10.0 Å². The number of hydrogen-bond donors (Lipinski definition) is 1. The first-order valence-electron chi connectivity index (χ1n) is 9.28. The number of benzene rings is 1. The molecule has 3 heterocycles. The standard InChI is InChI=1S/C19H22Cl2N2O4/c20-12-2-1-3-13(21)11(12)10-22-6-8-23(9-7-22)18(24)16-14-4-5-15(27-14)17(16)19(25)26/h1-3,14-17H,4-10H2,(H,25,26)/t14-,15+,16-,17+/m1/s1. The van der Waals surface area contributed by atoms with Crippen LogP contribution in [0.5, 0.6) is 0 Å². The second-order valence-electron chi connectivity index (χ2n) is 7.48. The number of amides is 1. The van der Waals surface area contributed by atoms with Gasteiger partial charge >= 0.3 is 5.97 Å². The normalized spacial score (nSPS) is 30.7. The second-order valence-corrected chi connectivity index (χ2v) is 8.30. The summed E-state index contributed by atoms with van der Waals surface area (Å²) in [6.45, 7) is 3.18. The molecular formula is C19H22Cl2N2O4. The third-order valence-corrected chi connectivity index (χ3v) is 6.68. The van der Waals surface area contributed by atoms with Gasteiger partial charge in [0, 0.05) is 48.3 Å². The van der Waals surface area contributed by atoms with E-state index in [0.29, 0.717) is 42.8 Å². The lowest BCUT2D eigenvalue weighted by Crippen LogP contribution is -2.53. The van der Waals surface area contributed by atoms with Gasteiger partial charge in [0.25, 0.3) is 0 Å². The van der Waals surface area contributed by atoms with Crippen molar-refractivity contribution in [2.75, 3.05) is 26.2 Å². The van der Waals surface area contributed by atoms with Crippen LogP contribution >= 0.6 is 23.2 Å². The van der Waals surface area contributed by atoms with Gasteiger partial charge < -0.3 is 14.7 Å². The number of hydrogen-bond acceptors (Lipinski definition) is 4. The summed E-state index contributed by atoms with van der Waals surface area (Å²) < 4.78 is 5.73. The Balaban J connectivity index is 1.38. The van der Waals surface area contributed by atoms with Crippen LogP contribution < -0.4 is 0 Å². The Morgan fingerprint density at radius 3 is 2.22 bits per heavy atom. The summed E-state index contributed by atoms with van der Waals surface area (Å²) in [5.41, 5.74) is 0.896. The Morgan fingerprint density at radius 1 is 1.04 bits per heavy atom. The van der Waals surface area contributed by atoms with Crippen molar-refractivity contribution in [3.05, 3.63) is 33.8 Å². The number of halogens is 2. The van der Waals surface area contributed by atoms with Gasteiger partial charge in [0.15, 0.2) is 0 Å². The Morgan fingerprint density at radius 2 is 1.63 bits per heavy atom. The Labute approximate surface area is 168 Å². The van der Waals surface area contributed by atoms with Crippen molar-refractivity contribution in [1.82, 2.24) is 9.80 Å². The Kier molecular flexibility index (Phi) is 5.34. The molecule has 1 N–H and O–H groups in total. The molecule has 1 aromatic rings. The van der Waals surface area contributed by atoms with Gasteiger partial charge in [-0.3, -0.25) is 14.5 Å². The fraction of sp³-hybridized carbons (Fsp3) is 0.579. The lowest BCUT2D eigenvalue weighted by atomic mass is 9.78. The number of carbonyl (C=O) groups excluding carboxylic acids is 1. The van der Waals surface area contributed by atoms with E-state index in [9.17, 15) is 14.7 Å². The van der Waals surface area contributed by atoms with E-state index in [2.05, 4.69) is 4.90 Å². The number of carboxylic acids is 1. The molecule has 0 unspecified atom stereocenters. The first-order chi connectivity index (χ1) is 13.0. The molecule has 1 amide bonds. The largest absolute Gasteiger partial charge is 0.481 e. The van der Waals surface area contributed by atoms with Gasteiger partial charge in [-0.25, -0.2) is 0 Å². The monoisotopic (exact) mass is 412 g/mol. The summed E-state index contributed by atoms with van der Waals surface area (Å²) in [6, 6.07) is 5.47. The van der Waals surface area contributed by atoms with Crippen LogP contribution in [0.15, 0.2) is 18.2 Å². The second kappa shape index (κ2) is 7.59. The highest BCUT2D eigenvalue weighted by atomic mass is 35.5. The number of nitrogens with zero attached hydrogens (tertiary/aromatic N) is 2. The third kappa shape index (κ3) is 3.56. The molecule has 2 bridgehead atoms. The van der Waals surface area contributed by atoms with Crippen LogP contribution in [-0.2, 0) is 20.9 Å². The maximum Gasteiger partial charge on any atom is 0.310 e. The van der Waals surface area contributed by atoms with Gasteiger partial charge in [-0.2, -0.15) is 0 Å².